The maximum absolute atomic E-state index is 10.4. The molecule has 6 heteroatoms. The second-order valence-corrected chi connectivity index (χ2v) is 6.39. The SMILES string of the molecule is Cc1ccc(-c2ccccc2-c2cn(CC(O)c3ccc(O)cc3)nn2)o1. The average Bonchev–Trinajstić information content (AvgIpc) is 3.31. The normalized spacial score (nSPS) is 12.2. The lowest BCUT2D eigenvalue weighted by Gasteiger charge is -2.10. The number of furan rings is 1. The van der Waals surface area contributed by atoms with E-state index in [0.29, 0.717) is 11.3 Å². The van der Waals surface area contributed by atoms with Gasteiger partial charge in [0.2, 0.25) is 0 Å². The van der Waals surface area contributed by atoms with Gasteiger partial charge in [0.25, 0.3) is 0 Å². The molecule has 0 radical (unpaired) electrons. The molecule has 0 saturated carbocycles. The van der Waals surface area contributed by atoms with Gasteiger partial charge in [0.05, 0.1) is 18.8 Å². The summed E-state index contributed by atoms with van der Waals surface area (Å²) < 4.78 is 7.36. The van der Waals surface area contributed by atoms with Gasteiger partial charge >= 0.3 is 0 Å². The number of aromatic hydroxyl groups is 1. The van der Waals surface area contributed by atoms with Crippen molar-refractivity contribution >= 4 is 0 Å². The van der Waals surface area contributed by atoms with Crippen molar-refractivity contribution in [1.29, 1.82) is 0 Å². The number of benzene rings is 2. The predicted molar refractivity (Wildman–Crippen MR) is 101 cm³/mol. The van der Waals surface area contributed by atoms with Crippen molar-refractivity contribution in [2.45, 2.75) is 19.6 Å². The van der Waals surface area contributed by atoms with Gasteiger partial charge in [-0.25, -0.2) is 4.68 Å². The van der Waals surface area contributed by atoms with E-state index in [4.69, 9.17) is 4.42 Å². The predicted octanol–water partition coefficient (Wildman–Crippen LogP) is 3.95. The highest BCUT2D eigenvalue weighted by Crippen LogP contribution is 2.32. The van der Waals surface area contributed by atoms with Crippen LogP contribution in [-0.2, 0) is 6.54 Å². The number of rotatable bonds is 5. The Morgan fingerprint density at radius 1 is 1.00 bits per heavy atom. The number of phenolic OH excluding ortho intramolecular Hbond substituents is 1. The van der Waals surface area contributed by atoms with Crippen molar-refractivity contribution < 1.29 is 14.6 Å². The third kappa shape index (κ3) is 3.61. The van der Waals surface area contributed by atoms with E-state index in [9.17, 15) is 10.2 Å². The molecule has 0 spiro atoms. The third-order valence-corrected chi connectivity index (χ3v) is 4.39. The number of phenols is 1. The van der Waals surface area contributed by atoms with E-state index in [-0.39, 0.29) is 12.3 Å². The van der Waals surface area contributed by atoms with E-state index in [1.165, 1.54) is 0 Å². The molecule has 2 N–H and O–H groups in total. The molecule has 0 saturated heterocycles. The summed E-state index contributed by atoms with van der Waals surface area (Å²) in [6.07, 6.45) is 1.06. The molecule has 1 atom stereocenters. The number of nitrogens with zero attached hydrogens (tertiary/aromatic N) is 3. The molecule has 136 valence electrons. The van der Waals surface area contributed by atoms with E-state index < -0.39 is 6.10 Å². The summed E-state index contributed by atoms with van der Waals surface area (Å²) in [5.74, 6) is 1.79. The minimum absolute atomic E-state index is 0.166. The number of aliphatic hydroxyl groups is 1. The molecule has 0 amide bonds. The summed E-state index contributed by atoms with van der Waals surface area (Å²) in [7, 11) is 0. The number of aliphatic hydroxyl groups excluding tert-OH is 1. The zero-order chi connectivity index (χ0) is 18.8. The summed E-state index contributed by atoms with van der Waals surface area (Å²) in [5.41, 5.74) is 3.27. The van der Waals surface area contributed by atoms with E-state index >= 15 is 0 Å². The molecule has 0 aliphatic carbocycles. The van der Waals surface area contributed by atoms with Crippen LogP contribution in [-0.4, -0.2) is 25.2 Å². The number of hydrogen-bond donors (Lipinski definition) is 2. The highest BCUT2D eigenvalue weighted by atomic mass is 16.3. The molecule has 0 fully saturated rings. The van der Waals surface area contributed by atoms with Gasteiger partial charge < -0.3 is 14.6 Å². The Morgan fingerprint density at radius 3 is 2.44 bits per heavy atom. The van der Waals surface area contributed by atoms with Crippen LogP contribution in [0.25, 0.3) is 22.6 Å². The molecule has 2 aromatic heterocycles. The van der Waals surface area contributed by atoms with Crippen LogP contribution >= 0.6 is 0 Å². The quantitative estimate of drug-likeness (QED) is 0.562. The van der Waals surface area contributed by atoms with Gasteiger partial charge in [0.1, 0.15) is 23.0 Å². The van der Waals surface area contributed by atoms with Crippen LogP contribution < -0.4 is 0 Å². The Morgan fingerprint density at radius 2 is 1.74 bits per heavy atom. The van der Waals surface area contributed by atoms with Crippen LogP contribution in [0.15, 0.2) is 71.3 Å². The fourth-order valence-corrected chi connectivity index (χ4v) is 2.99. The van der Waals surface area contributed by atoms with Gasteiger partial charge in [-0.2, -0.15) is 0 Å². The molecule has 1 unspecified atom stereocenters. The molecule has 6 nitrogen and oxygen atoms in total. The van der Waals surface area contributed by atoms with E-state index in [1.807, 2.05) is 43.3 Å². The molecule has 2 aromatic carbocycles. The Balaban J connectivity index is 1.59. The first-order chi connectivity index (χ1) is 13.1. The van der Waals surface area contributed by atoms with Gasteiger partial charge in [0, 0.05) is 11.1 Å². The maximum atomic E-state index is 10.4. The molecule has 2 heterocycles. The lowest BCUT2D eigenvalue weighted by atomic mass is 10.0. The van der Waals surface area contributed by atoms with Crippen LogP contribution in [0.3, 0.4) is 0 Å². The first-order valence-electron chi connectivity index (χ1n) is 8.63. The van der Waals surface area contributed by atoms with Crippen LogP contribution in [0.5, 0.6) is 5.75 Å². The Labute approximate surface area is 156 Å². The molecule has 0 bridgehead atoms. The third-order valence-electron chi connectivity index (χ3n) is 4.39. The summed E-state index contributed by atoms with van der Waals surface area (Å²) in [6, 6.07) is 18.2. The maximum Gasteiger partial charge on any atom is 0.134 e. The molecule has 27 heavy (non-hydrogen) atoms. The first-order valence-corrected chi connectivity index (χ1v) is 8.63. The topological polar surface area (TPSA) is 84.3 Å². The fraction of sp³-hybridized carbons (Fsp3) is 0.143. The summed E-state index contributed by atoms with van der Waals surface area (Å²) in [5, 5.41) is 28.2. The molecule has 4 rings (SSSR count). The van der Waals surface area contributed by atoms with Crippen LogP contribution in [0.2, 0.25) is 0 Å². The van der Waals surface area contributed by atoms with E-state index in [1.54, 1.807) is 35.1 Å². The lowest BCUT2D eigenvalue weighted by Crippen LogP contribution is -2.09. The Hall–Kier alpha value is -3.38. The lowest BCUT2D eigenvalue weighted by molar-refractivity contribution is 0.150. The van der Waals surface area contributed by atoms with E-state index in [0.717, 1.165) is 22.6 Å². The zero-order valence-electron chi connectivity index (χ0n) is 14.8. The highest BCUT2D eigenvalue weighted by molar-refractivity contribution is 5.79. The minimum Gasteiger partial charge on any atom is -0.508 e. The Bertz CT molecular complexity index is 1050. The second-order valence-electron chi connectivity index (χ2n) is 6.39. The van der Waals surface area contributed by atoms with Crippen molar-refractivity contribution in [3.63, 3.8) is 0 Å². The van der Waals surface area contributed by atoms with Gasteiger partial charge in [-0.3, -0.25) is 0 Å². The van der Waals surface area contributed by atoms with Gasteiger partial charge in [-0.05, 0) is 36.8 Å². The van der Waals surface area contributed by atoms with Gasteiger partial charge in [-0.1, -0.05) is 41.6 Å². The first kappa shape index (κ1) is 17.1. The van der Waals surface area contributed by atoms with Crippen molar-refractivity contribution in [3.05, 3.63) is 78.2 Å². The molecule has 0 aliphatic rings. The molecule has 4 aromatic rings. The Kier molecular flexibility index (Phi) is 4.48. The monoisotopic (exact) mass is 361 g/mol. The van der Waals surface area contributed by atoms with Crippen molar-refractivity contribution in [3.8, 4) is 28.3 Å². The van der Waals surface area contributed by atoms with Crippen molar-refractivity contribution in [2.24, 2.45) is 0 Å². The van der Waals surface area contributed by atoms with Crippen molar-refractivity contribution in [1.82, 2.24) is 15.0 Å². The summed E-state index contributed by atoms with van der Waals surface area (Å²) in [4.78, 5) is 0. The van der Waals surface area contributed by atoms with Crippen molar-refractivity contribution in [2.75, 3.05) is 0 Å². The minimum atomic E-state index is -0.747. The van der Waals surface area contributed by atoms with E-state index in [2.05, 4.69) is 10.3 Å². The second kappa shape index (κ2) is 7.09. The number of hydrogen-bond acceptors (Lipinski definition) is 5. The van der Waals surface area contributed by atoms with Crippen LogP contribution in [0.4, 0.5) is 0 Å². The average molecular weight is 361 g/mol. The standard InChI is InChI=1S/C21H19N3O3/c1-14-6-11-21(27-14)18-5-3-2-4-17(18)19-12-24(23-22-19)13-20(26)15-7-9-16(25)10-8-15/h2-12,20,25-26H,13H2,1H3. The van der Waals surface area contributed by atoms with Crippen LogP contribution in [0.1, 0.15) is 17.4 Å². The molecule has 0 aliphatic heterocycles. The van der Waals surface area contributed by atoms with Crippen LogP contribution in [0, 0.1) is 6.92 Å². The molecular weight excluding hydrogens is 342 g/mol. The molecular formula is C21H19N3O3. The largest absolute Gasteiger partial charge is 0.508 e. The summed E-state index contributed by atoms with van der Waals surface area (Å²) in [6.45, 7) is 2.17. The number of aryl methyl sites for hydroxylation is 1. The smallest absolute Gasteiger partial charge is 0.134 e. The highest BCUT2D eigenvalue weighted by Gasteiger charge is 2.15. The fourth-order valence-electron chi connectivity index (χ4n) is 2.99. The summed E-state index contributed by atoms with van der Waals surface area (Å²) >= 11 is 0. The number of aromatic nitrogens is 3. The zero-order valence-corrected chi connectivity index (χ0v) is 14.8. The van der Waals surface area contributed by atoms with Gasteiger partial charge in [-0.15, -0.1) is 5.10 Å². The van der Waals surface area contributed by atoms with Gasteiger partial charge in [0.15, 0.2) is 0 Å².